The molecule has 1 amide bonds. The lowest BCUT2D eigenvalue weighted by Crippen LogP contribution is -2.33. The highest BCUT2D eigenvalue weighted by molar-refractivity contribution is 6.30. The van der Waals surface area contributed by atoms with Gasteiger partial charge in [-0.3, -0.25) is 9.69 Å². The molecule has 0 aliphatic heterocycles. The van der Waals surface area contributed by atoms with E-state index in [0.717, 1.165) is 22.4 Å². The molecule has 1 aromatic heterocycles. The Labute approximate surface area is 139 Å². The number of amides is 1. The monoisotopic (exact) mass is 326 g/mol. The van der Waals surface area contributed by atoms with Crippen LogP contribution in [0.4, 0.5) is 11.5 Å². The quantitative estimate of drug-likeness (QED) is 0.799. The van der Waals surface area contributed by atoms with Crippen molar-refractivity contribution in [2.75, 3.05) is 23.8 Å². The molecule has 0 fully saturated rings. The Morgan fingerprint density at radius 2 is 1.83 bits per heavy atom. The number of likely N-dealkylation sites (N-methyl/N-ethyl adjacent to an activating group) is 1. The summed E-state index contributed by atoms with van der Waals surface area (Å²) in [6, 6.07) is 19.1. The average molecular weight is 327 g/mol. The first-order valence-corrected chi connectivity index (χ1v) is 7.67. The first-order valence-electron chi connectivity index (χ1n) is 7.29. The maximum absolute atomic E-state index is 12.1. The number of H-pyrrole nitrogens is 1. The van der Waals surface area contributed by atoms with Crippen LogP contribution in [0.15, 0.2) is 60.7 Å². The van der Waals surface area contributed by atoms with Crippen LogP contribution in [0.2, 0.25) is 5.02 Å². The van der Waals surface area contributed by atoms with Crippen LogP contribution in [0.3, 0.4) is 0 Å². The number of anilines is 2. The second-order valence-electron chi connectivity index (χ2n) is 5.34. The molecule has 3 aromatic rings. The molecule has 1 heterocycles. The average Bonchev–Trinajstić information content (AvgIpc) is 2.56. The fourth-order valence-corrected chi connectivity index (χ4v) is 2.49. The molecule has 0 saturated carbocycles. The summed E-state index contributed by atoms with van der Waals surface area (Å²) in [5, 5.41) is 4.63. The van der Waals surface area contributed by atoms with Gasteiger partial charge < -0.3 is 5.32 Å². The molecule has 5 heteroatoms. The highest BCUT2D eigenvalue weighted by Gasteiger charge is 2.15. The predicted octanol–water partition coefficient (Wildman–Crippen LogP) is 3.38. The number of pyridine rings is 1. The number of halogens is 1. The molecule has 4 nitrogen and oxygen atoms in total. The highest BCUT2D eigenvalue weighted by atomic mass is 35.5. The lowest BCUT2D eigenvalue weighted by molar-refractivity contribution is -0.330. The van der Waals surface area contributed by atoms with E-state index in [-0.39, 0.29) is 12.5 Å². The Morgan fingerprint density at radius 1 is 1.09 bits per heavy atom. The third-order valence-electron chi connectivity index (χ3n) is 3.56. The summed E-state index contributed by atoms with van der Waals surface area (Å²) in [6.07, 6.45) is 0. The van der Waals surface area contributed by atoms with Gasteiger partial charge in [0.05, 0.1) is 7.05 Å². The summed E-state index contributed by atoms with van der Waals surface area (Å²) in [4.78, 5) is 17.3. The van der Waals surface area contributed by atoms with Gasteiger partial charge in [-0.05, 0) is 36.4 Å². The number of rotatable bonds is 4. The van der Waals surface area contributed by atoms with Crippen LogP contribution in [0, 0.1) is 0 Å². The summed E-state index contributed by atoms with van der Waals surface area (Å²) in [7, 11) is 1.88. The third kappa shape index (κ3) is 3.79. The summed E-state index contributed by atoms with van der Waals surface area (Å²) >= 11 is 5.84. The van der Waals surface area contributed by atoms with Gasteiger partial charge in [0.2, 0.25) is 0 Å². The van der Waals surface area contributed by atoms with Gasteiger partial charge in [0.1, 0.15) is 5.52 Å². The number of aromatic nitrogens is 1. The molecule has 2 N–H and O–H groups in total. The van der Waals surface area contributed by atoms with E-state index in [1.54, 1.807) is 24.3 Å². The summed E-state index contributed by atoms with van der Waals surface area (Å²) in [5.41, 5.74) is 1.77. The molecule has 0 saturated heterocycles. The molecule has 2 aromatic carbocycles. The molecule has 0 bridgehead atoms. The van der Waals surface area contributed by atoms with Gasteiger partial charge in [-0.2, -0.15) is 0 Å². The highest BCUT2D eigenvalue weighted by Crippen LogP contribution is 2.14. The van der Waals surface area contributed by atoms with Crippen LogP contribution in [0.25, 0.3) is 10.9 Å². The molecule has 0 spiro atoms. The maximum Gasteiger partial charge on any atom is 0.275 e. The van der Waals surface area contributed by atoms with Crippen LogP contribution < -0.4 is 15.2 Å². The van der Waals surface area contributed by atoms with Crippen LogP contribution in [0.5, 0.6) is 0 Å². The predicted molar refractivity (Wildman–Crippen MR) is 93.9 cm³/mol. The van der Waals surface area contributed by atoms with Gasteiger partial charge in [0.25, 0.3) is 11.7 Å². The van der Waals surface area contributed by atoms with E-state index >= 15 is 0 Å². The molecule has 0 unspecified atom stereocenters. The van der Waals surface area contributed by atoms with Crippen molar-refractivity contribution in [1.29, 1.82) is 0 Å². The van der Waals surface area contributed by atoms with E-state index in [2.05, 4.69) is 10.3 Å². The van der Waals surface area contributed by atoms with Crippen LogP contribution in [-0.2, 0) is 4.79 Å². The lowest BCUT2D eigenvalue weighted by atomic mass is 10.2. The van der Waals surface area contributed by atoms with Crippen molar-refractivity contribution in [2.24, 2.45) is 0 Å². The molecule has 116 valence electrons. The molecule has 0 radical (unpaired) electrons. The van der Waals surface area contributed by atoms with E-state index in [9.17, 15) is 4.79 Å². The van der Waals surface area contributed by atoms with Gasteiger partial charge in [-0.25, -0.2) is 4.98 Å². The van der Waals surface area contributed by atoms with E-state index in [1.165, 1.54) is 0 Å². The Balaban J connectivity index is 1.68. The van der Waals surface area contributed by atoms with Crippen molar-refractivity contribution in [1.82, 2.24) is 0 Å². The molecular weight excluding hydrogens is 310 g/mol. The minimum absolute atomic E-state index is 0.0867. The van der Waals surface area contributed by atoms with Crippen molar-refractivity contribution >= 4 is 39.9 Å². The van der Waals surface area contributed by atoms with Crippen LogP contribution in [-0.4, -0.2) is 19.5 Å². The van der Waals surface area contributed by atoms with E-state index in [4.69, 9.17) is 11.6 Å². The number of para-hydroxylation sites is 1. The number of carbonyl (C=O) groups excluding carboxylic acids is 1. The van der Waals surface area contributed by atoms with Gasteiger partial charge in [-0.1, -0.05) is 29.8 Å². The molecular formula is C18H17ClN3O+. The minimum Gasteiger partial charge on any atom is -0.323 e. The minimum atomic E-state index is -0.0867. The van der Waals surface area contributed by atoms with Crippen molar-refractivity contribution in [3.63, 3.8) is 0 Å². The van der Waals surface area contributed by atoms with Gasteiger partial charge in [-0.15, -0.1) is 0 Å². The Kier molecular flexibility index (Phi) is 4.44. The third-order valence-corrected chi connectivity index (χ3v) is 3.82. The number of fused-ring (bicyclic) bond motifs is 1. The van der Waals surface area contributed by atoms with Gasteiger partial charge in [0, 0.05) is 22.2 Å². The summed E-state index contributed by atoms with van der Waals surface area (Å²) in [5.74, 6) is 0.798. The first kappa shape index (κ1) is 15.3. The lowest BCUT2D eigenvalue weighted by Gasteiger charge is -2.12. The fraction of sp³-hybridized carbons (Fsp3) is 0.111. The number of nitrogens with zero attached hydrogens (tertiary/aromatic N) is 1. The van der Waals surface area contributed by atoms with Crippen molar-refractivity contribution in [2.45, 2.75) is 0 Å². The zero-order chi connectivity index (χ0) is 16.2. The molecule has 0 aliphatic rings. The van der Waals surface area contributed by atoms with Crippen LogP contribution >= 0.6 is 11.6 Å². The smallest absolute Gasteiger partial charge is 0.275 e. The maximum atomic E-state index is 12.1. The number of aromatic amines is 1. The molecule has 0 atom stereocenters. The SMILES string of the molecule is CN(CC(=O)Nc1ccc(Cl)cc1)c1ccc2ccccc2[nH+]1. The van der Waals surface area contributed by atoms with Crippen molar-refractivity contribution < 1.29 is 9.78 Å². The zero-order valence-electron chi connectivity index (χ0n) is 12.7. The van der Waals surface area contributed by atoms with Crippen molar-refractivity contribution in [3.8, 4) is 0 Å². The fourth-order valence-electron chi connectivity index (χ4n) is 2.36. The van der Waals surface area contributed by atoms with Crippen molar-refractivity contribution in [3.05, 3.63) is 65.7 Å². The summed E-state index contributed by atoms with van der Waals surface area (Å²) in [6.45, 7) is 0.247. The van der Waals surface area contributed by atoms with E-state index in [0.29, 0.717) is 5.02 Å². The summed E-state index contributed by atoms with van der Waals surface area (Å²) < 4.78 is 0. The largest absolute Gasteiger partial charge is 0.323 e. The Morgan fingerprint density at radius 3 is 2.61 bits per heavy atom. The van der Waals surface area contributed by atoms with E-state index < -0.39 is 0 Å². The second kappa shape index (κ2) is 6.67. The number of benzene rings is 2. The van der Waals surface area contributed by atoms with Crippen LogP contribution in [0.1, 0.15) is 0 Å². The number of hydrogen-bond acceptors (Lipinski definition) is 2. The molecule has 3 rings (SSSR count). The van der Waals surface area contributed by atoms with E-state index in [1.807, 2.05) is 48.3 Å². The number of carbonyl (C=O) groups is 1. The second-order valence-corrected chi connectivity index (χ2v) is 5.78. The zero-order valence-corrected chi connectivity index (χ0v) is 13.5. The topological polar surface area (TPSA) is 46.5 Å². The Hall–Kier alpha value is -2.59. The standard InChI is InChI=1S/C18H16ClN3O/c1-22(12-18(23)20-15-9-7-14(19)8-10-15)17-11-6-13-4-2-3-5-16(13)21-17/h2-11H,12H2,1H3,(H,20,23)/p+1. The normalized spacial score (nSPS) is 10.5. The molecule has 23 heavy (non-hydrogen) atoms. The number of hydrogen-bond donors (Lipinski definition) is 1. The van der Waals surface area contributed by atoms with Gasteiger partial charge in [0.15, 0.2) is 6.54 Å². The molecule has 0 aliphatic carbocycles. The number of nitrogens with one attached hydrogen (secondary N) is 2. The first-order chi connectivity index (χ1) is 11.1. The van der Waals surface area contributed by atoms with Gasteiger partial charge >= 0.3 is 0 Å². The Bertz CT molecular complexity index is 833.